The highest BCUT2D eigenvalue weighted by atomic mass is 16.1. The zero-order valence-corrected chi connectivity index (χ0v) is 10.7. The third-order valence-corrected chi connectivity index (χ3v) is 3.21. The van der Waals surface area contributed by atoms with E-state index in [4.69, 9.17) is 0 Å². The summed E-state index contributed by atoms with van der Waals surface area (Å²) in [7, 11) is 0. The van der Waals surface area contributed by atoms with E-state index in [0.717, 1.165) is 29.9 Å². The number of hydrogen-bond acceptors (Lipinski definition) is 3. The highest BCUT2D eigenvalue weighted by Crippen LogP contribution is 2.23. The van der Waals surface area contributed by atoms with Crippen LogP contribution in [-0.4, -0.2) is 17.4 Å². The molecule has 2 aromatic rings. The summed E-state index contributed by atoms with van der Waals surface area (Å²) in [6.07, 6.45) is 4.39. The summed E-state index contributed by atoms with van der Waals surface area (Å²) in [6, 6.07) is 7.66. The van der Waals surface area contributed by atoms with E-state index in [1.165, 1.54) is 5.56 Å². The smallest absolute Gasteiger partial charge is 0.255 e. The van der Waals surface area contributed by atoms with Crippen LogP contribution in [0.2, 0.25) is 0 Å². The Kier molecular flexibility index (Phi) is 2.91. The van der Waals surface area contributed by atoms with Gasteiger partial charge in [-0.1, -0.05) is 0 Å². The van der Waals surface area contributed by atoms with E-state index in [1.54, 1.807) is 12.4 Å². The van der Waals surface area contributed by atoms with Crippen molar-refractivity contribution in [1.82, 2.24) is 4.98 Å². The van der Waals surface area contributed by atoms with Crippen LogP contribution in [0.4, 0.5) is 11.4 Å². The lowest BCUT2D eigenvalue weighted by Crippen LogP contribution is -2.12. The van der Waals surface area contributed by atoms with Crippen LogP contribution in [0.3, 0.4) is 0 Å². The van der Waals surface area contributed by atoms with Crippen molar-refractivity contribution in [3.8, 4) is 0 Å². The van der Waals surface area contributed by atoms with Crippen molar-refractivity contribution < 1.29 is 4.79 Å². The number of carbonyl (C=O) groups is 1. The van der Waals surface area contributed by atoms with Gasteiger partial charge in [-0.2, -0.15) is 0 Å². The Balaban J connectivity index is 1.81. The number of aromatic nitrogens is 1. The molecule has 96 valence electrons. The minimum atomic E-state index is -0.0953. The molecule has 0 radical (unpaired) electrons. The molecule has 0 bridgehead atoms. The van der Waals surface area contributed by atoms with E-state index < -0.39 is 0 Å². The Labute approximate surface area is 111 Å². The molecule has 0 unspecified atom stereocenters. The van der Waals surface area contributed by atoms with Gasteiger partial charge in [0, 0.05) is 24.0 Å². The maximum Gasteiger partial charge on any atom is 0.255 e. The fraction of sp³-hybridized carbons (Fsp3) is 0.200. The molecule has 4 nitrogen and oxygen atoms in total. The van der Waals surface area contributed by atoms with Crippen molar-refractivity contribution in [2.75, 3.05) is 17.2 Å². The number of anilines is 2. The maximum atomic E-state index is 12.2. The zero-order valence-electron chi connectivity index (χ0n) is 10.7. The first kappa shape index (κ1) is 11.7. The Bertz CT molecular complexity index is 637. The molecule has 1 amide bonds. The van der Waals surface area contributed by atoms with Crippen LogP contribution >= 0.6 is 0 Å². The number of benzene rings is 1. The molecule has 0 saturated carbocycles. The molecule has 1 aromatic heterocycles. The number of pyridine rings is 1. The lowest BCUT2D eigenvalue weighted by atomic mass is 10.1. The molecule has 0 saturated heterocycles. The number of nitrogens with zero attached hydrogens (tertiary/aromatic N) is 1. The quantitative estimate of drug-likeness (QED) is 0.865. The summed E-state index contributed by atoms with van der Waals surface area (Å²) in [5.74, 6) is -0.0953. The summed E-state index contributed by atoms with van der Waals surface area (Å²) in [5.41, 5.74) is 4.77. The Morgan fingerprint density at radius 3 is 3.05 bits per heavy atom. The van der Waals surface area contributed by atoms with Crippen LogP contribution in [0.25, 0.3) is 0 Å². The molecule has 0 spiro atoms. The highest BCUT2D eigenvalue weighted by molar-refractivity contribution is 6.04. The number of carbonyl (C=O) groups excluding carboxylic acids is 1. The van der Waals surface area contributed by atoms with Crippen molar-refractivity contribution in [1.29, 1.82) is 0 Å². The lowest BCUT2D eigenvalue weighted by Gasteiger charge is -2.07. The number of amides is 1. The van der Waals surface area contributed by atoms with Gasteiger partial charge < -0.3 is 10.6 Å². The molecule has 2 heterocycles. The summed E-state index contributed by atoms with van der Waals surface area (Å²) in [5, 5.41) is 6.15. The van der Waals surface area contributed by atoms with Crippen LogP contribution in [0.5, 0.6) is 0 Å². The lowest BCUT2D eigenvalue weighted by molar-refractivity contribution is 0.102. The van der Waals surface area contributed by atoms with Crippen LogP contribution in [0.15, 0.2) is 36.7 Å². The molecular formula is C15H15N3O. The van der Waals surface area contributed by atoms with Gasteiger partial charge in [-0.25, -0.2) is 0 Å². The second kappa shape index (κ2) is 4.72. The molecule has 1 aliphatic rings. The Morgan fingerprint density at radius 1 is 1.32 bits per heavy atom. The summed E-state index contributed by atoms with van der Waals surface area (Å²) in [6.45, 7) is 2.89. The van der Waals surface area contributed by atoms with E-state index >= 15 is 0 Å². The average molecular weight is 253 g/mol. The third kappa shape index (κ3) is 2.42. The van der Waals surface area contributed by atoms with Crippen LogP contribution in [0, 0.1) is 6.92 Å². The maximum absolute atomic E-state index is 12.2. The summed E-state index contributed by atoms with van der Waals surface area (Å²) in [4.78, 5) is 16.2. The normalized spacial score (nSPS) is 12.7. The minimum Gasteiger partial charge on any atom is -0.384 e. The number of hydrogen-bond donors (Lipinski definition) is 2. The molecule has 1 aliphatic heterocycles. The van der Waals surface area contributed by atoms with Crippen molar-refractivity contribution in [3.63, 3.8) is 0 Å². The van der Waals surface area contributed by atoms with Gasteiger partial charge in [0.15, 0.2) is 0 Å². The van der Waals surface area contributed by atoms with E-state index in [-0.39, 0.29) is 5.91 Å². The number of nitrogens with one attached hydrogen (secondary N) is 2. The highest BCUT2D eigenvalue weighted by Gasteiger charge is 2.13. The first-order valence-electron chi connectivity index (χ1n) is 6.32. The topological polar surface area (TPSA) is 54.0 Å². The van der Waals surface area contributed by atoms with Crippen molar-refractivity contribution in [2.24, 2.45) is 0 Å². The fourth-order valence-corrected chi connectivity index (χ4v) is 2.27. The zero-order chi connectivity index (χ0) is 13.2. The molecule has 2 N–H and O–H groups in total. The molecular weight excluding hydrogens is 238 g/mol. The van der Waals surface area contributed by atoms with Gasteiger partial charge >= 0.3 is 0 Å². The fourth-order valence-electron chi connectivity index (χ4n) is 2.27. The largest absolute Gasteiger partial charge is 0.384 e. The van der Waals surface area contributed by atoms with Gasteiger partial charge in [-0.3, -0.25) is 9.78 Å². The first-order chi connectivity index (χ1) is 9.22. The molecule has 19 heavy (non-hydrogen) atoms. The average Bonchev–Trinajstić information content (AvgIpc) is 2.85. The van der Waals surface area contributed by atoms with Gasteiger partial charge in [0.1, 0.15) is 0 Å². The molecule has 0 aliphatic carbocycles. The second-order valence-electron chi connectivity index (χ2n) is 4.75. The minimum absolute atomic E-state index is 0.0953. The van der Waals surface area contributed by atoms with E-state index in [1.807, 2.05) is 31.2 Å². The number of aryl methyl sites for hydroxylation is 1. The van der Waals surface area contributed by atoms with Crippen LogP contribution in [-0.2, 0) is 6.42 Å². The molecule has 0 fully saturated rings. The van der Waals surface area contributed by atoms with E-state index in [0.29, 0.717) is 5.56 Å². The molecule has 0 atom stereocenters. The summed E-state index contributed by atoms with van der Waals surface area (Å²) < 4.78 is 0. The Morgan fingerprint density at radius 2 is 2.21 bits per heavy atom. The number of fused-ring (bicyclic) bond motifs is 1. The van der Waals surface area contributed by atoms with E-state index in [2.05, 4.69) is 15.6 Å². The van der Waals surface area contributed by atoms with Gasteiger partial charge in [-0.15, -0.1) is 0 Å². The molecule has 3 rings (SSSR count). The van der Waals surface area contributed by atoms with Gasteiger partial charge in [0.2, 0.25) is 0 Å². The van der Waals surface area contributed by atoms with Crippen molar-refractivity contribution in [3.05, 3.63) is 53.3 Å². The number of rotatable bonds is 2. The van der Waals surface area contributed by atoms with Gasteiger partial charge in [0.25, 0.3) is 5.91 Å². The van der Waals surface area contributed by atoms with Crippen molar-refractivity contribution >= 4 is 17.3 Å². The predicted octanol–water partition coefficient (Wildman–Crippen LogP) is 2.61. The van der Waals surface area contributed by atoms with Gasteiger partial charge in [0.05, 0.1) is 11.9 Å². The standard InChI is InChI=1S/C15H15N3O/c1-10-6-13(9-16-8-10)18-15(19)12-2-3-14-11(7-12)4-5-17-14/h2-3,6-9,17H,4-5H2,1H3,(H,18,19). The van der Waals surface area contributed by atoms with Crippen LogP contribution < -0.4 is 10.6 Å². The molecule has 4 heteroatoms. The third-order valence-electron chi connectivity index (χ3n) is 3.21. The summed E-state index contributed by atoms with van der Waals surface area (Å²) >= 11 is 0. The monoisotopic (exact) mass is 253 g/mol. The first-order valence-corrected chi connectivity index (χ1v) is 6.32. The van der Waals surface area contributed by atoms with Crippen LogP contribution in [0.1, 0.15) is 21.5 Å². The second-order valence-corrected chi connectivity index (χ2v) is 4.75. The molecule has 1 aromatic carbocycles. The SMILES string of the molecule is Cc1cncc(NC(=O)c2ccc3c(c2)CCN3)c1. The van der Waals surface area contributed by atoms with E-state index in [9.17, 15) is 4.79 Å². The van der Waals surface area contributed by atoms with Crippen molar-refractivity contribution in [2.45, 2.75) is 13.3 Å². The van der Waals surface area contributed by atoms with Gasteiger partial charge in [-0.05, 0) is 48.7 Å². The Hall–Kier alpha value is -2.36. The predicted molar refractivity (Wildman–Crippen MR) is 75.6 cm³/mol.